The zero-order valence-corrected chi connectivity index (χ0v) is 35.9. The summed E-state index contributed by atoms with van der Waals surface area (Å²) in [5.41, 5.74) is 9.52. The van der Waals surface area contributed by atoms with Gasteiger partial charge in [0.05, 0.1) is 11.4 Å². The predicted octanol–water partition coefficient (Wildman–Crippen LogP) is 12.0. The topological polar surface area (TPSA) is 35.9 Å². The molecule has 0 N–H and O–H groups in total. The minimum Gasteiger partial charge on any atom is -0.510 e. The molecule has 8 rings (SSSR count). The number of para-hydroxylation sites is 1. The van der Waals surface area contributed by atoms with E-state index in [1.54, 1.807) is 0 Å². The van der Waals surface area contributed by atoms with Gasteiger partial charge in [-0.05, 0) is 74.3 Å². The Morgan fingerprint density at radius 3 is 2.00 bits per heavy atom. The van der Waals surface area contributed by atoms with Crippen LogP contribution in [0.2, 0.25) is 0 Å². The smallest absolute Gasteiger partial charge is 0.267 e. The van der Waals surface area contributed by atoms with Crippen molar-refractivity contribution in [1.82, 2.24) is 14.1 Å². The molecular formula is C50H48N4OPt-2. The Morgan fingerprint density at radius 1 is 0.607 bits per heavy atom. The van der Waals surface area contributed by atoms with E-state index in [4.69, 9.17) is 9.72 Å². The SMILES string of the molecule is CC(C)(C)c1ccc(-[n+]2[c-]n(-c3[c-]c(Oc4[c-]c5c(cc4)c4ccccc4n5-c4cc(C(C)(C)C)ccn4)cc(-c4ccccc4)c3)cc2C(C)(C)C)cc1.[Pt]. The molecule has 0 amide bonds. The molecule has 0 saturated carbocycles. The van der Waals surface area contributed by atoms with Gasteiger partial charge in [-0.15, -0.1) is 35.2 Å². The molecule has 0 aliphatic rings. The van der Waals surface area contributed by atoms with E-state index in [1.165, 1.54) is 11.1 Å². The number of aromatic nitrogens is 4. The first-order chi connectivity index (χ1) is 26.1. The summed E-state index contributed by atoms with van der Waals surface area (Å²) in [5, 5.41) is 2.23. The Bertz CT molecular complexity index is 2670. The van der Waals surface area contributed by atoms with Crippen LogP contribution in [0.5, 0.6) is 11.5 Å². The summed E-state index contributed by atoms with van der Waals surface area (Å²) >= 11 is 0. The molecule has 0 bridgehead atoms. The molecule has 6 heteroatoms. The number of pyridine rings is 1. The van der Waals surface area contributed by atoms with Crippen molar-refractivity contribution >= 4 is 21.8 Å². The summed E-state index contributed by atoms with van der Waals surface area (Å²) in [4.78, 5) is 4.85. The van der Waals surface area contributed by atoms with Crippen molar-refractivity contribution in [2.24, 2.45) is 0 Å². The van der Waals surface area contributed by atoms with Crippen molar-refractivity contribution < 1.29 is 30.4 Å². The van der Waals surface area contributed by atoms with E-state index in [0.29, 0.717) is 11.5 Å². The van der Waals surface area contributed by atoms with Gasteiger partial charge in [-0.3, -0.25) is 4.57 Å². The summed E-state index contributed by atoms with van der Waals surface area (Å²) in [6.45, 7) is 20.1. The molecule has 0 unspecified atom stereocenters. The first-order valence-corrected chi connectivity index (χ1v) is 19.0. The summed E-state index contributed by atoms with van der Waals surface area (Å²) in [5.74, 6) is 2.03. The maximum atomic E-state index is 6.73. The van der Waals surface area contributed by atoms with Gasteiger partial charge < -0.3 is 13.9 Å². The maximum absolute atomic E-state index is 6.73. The molecule has 286 valence electrons. The number of fused-ring (bicyclic) bond motifs is 3. The molecule has 0 aliphatic carbocycles. The van der Waals surface area contributed by atoms with Gasteiger partial charge >= 0.3 is 0 Å². The molecule has 0 atom stereocenters. The van der Waals surface area contributed by atoms with Crippen LogP contribution in [0, 0.1) is 18.5 Å². The van der Waals surface area contributed by atoms with E-state index < -0.39 is 0 Å². The zero-order chi connectivity index (χ0) is 38.7. The van der Waals surface area contributed by atoms with E-state index >= 15 is 0 Å². The third-order valence-electron chi connectivity index (χ3n) is 10.3. The summed E-state index contributed by atoms with van der Waals surface area (Å²) < 4.78 is 13.1. The molecule has 0 radical (unpaired) electrons. The fraction of sp³-hybridized carbons (Fsp3) is 0.240. The molecule has 56 heavy (non-hydrogen) atoms. The van der Waals surface area contributed by atoms with Gasteiger partial charge in [-0.2, -0.15) is 12.1 Å². The summed E-state index contributed by atoms with van der Waals surface area (Å²) in [7, 11) is 0. The van der Waals surface area contributed by atoms with Gasteiger partial charge in [-0.1, -0.05) is 128 Å². The number of hydrogen-bond acceptors (Lipinski definition) is 2. The Kier molecular flexibility index (Phi) is 10.2. The normalized spacial score (nSPS) is 12.2. The standard InChI is InChI=1S/C50H48N4O.Pt/c1-48(2,3)36-19-21-38(22-20-36)53-33-52(32-46(53)50(7,8)9)39-27-35(34-15-11-10-12-16-34)28-41(30-39)55-40-23-24-43-42-17-13-14-18-44(42)54(45(43)31-40)47-29-37(25-26-51-47)49(4,5)6;/h10-29,32H,1-9H3;/q-2;. The van der Waals surface area contributed by atoms with Crippen molar-refractivity contribution in [2.75, 3.05) is 0 Å². The van der Waals surface area contributed by atoms with Gasteiger partial charge in [-0.25, -0.2) is 4.98 Å². The average Bonchev–Trinajstić information content (AvgIpc) is 3.75. The third-order valence-corrected chi connectivity index (χ3v) is 10.3. The third kappa shape index (κ3) is 7.62. The molecule has 3 aromatic heterocycles. The fourth-order valence-corrected chi connectivity index (χ4v) is 7.14. The molecule has 8 aromatic rings. The van der Waals surface area contributed by atoms with E-state index in [0.717, 1.165) is 55.8 Å². The van der Waals surface area contributed by atoms with Crippen LogP contribution in [-0.2, 0) is 37.3 Å². The molecule has 0 spiro atoms. The minimum atomic E-state index is -0.148. The van der Waals surface area contributed by atoms with Crippen LogP contribution in [-0.4, -0.2) is 14.1 Å². The van der Waals surface area contributed by atoms with Crippen LogP contribution in [0.15, 0.2) is 128 Å². The van der Waals surface area contributed by atoms with Crippen LogP contribution >= 0.6 is 0 Å². The van der Waals surface area contributed by atoms with E-state index in [2.05, 4.69) is 193 Å². The van der Waals surface area contributed by atoms with E-state index in [1.807, 2.05) is 29.0 Å². The van der Waals surface area contributed by atoms with Crippen LogP contribution in [0.25, 0.3) is 50.1 Å². The molecule has 5 aromatic carbocycles. The first-order valence-electron chi connectivity index (χ1n) is 19.0. The number of ether oxygens (including phenoxy) is 1. The summed E-state index contributed by atoms with van der Waals surface area (Å²) in [6, 6.07) is 47.5. The van der Waals surface area contributed by atoms with Gasteiger partial charge in [0.15, 0.2) is 0 Å². The number of benzene rings is 5. The van der Waals surface area contributed by atoms with Gasteiger partial charge in [0.25, 0.3) is 6.33 Å². The molecule has 0 saturated heterocycles. The number of imidazole rings is 1. The van der Waals surface area contributed by atoms with Gasteiger partial charge in [0, 0.05) is 50.5 Å². The van der Waals surface area contributed by atoms with Gasteiger partial charge in [0.1, 0.15) is 5.82 Å². The Balaban J connectivity index is 0.00000480. The number of rotatable bonds is 6. The molecule has 3 heterocycles. The van der Waals surface area contributed by atoms with Crippen molar-refractivity contribution in [1.29, 1.82) is 0 Å². The molecular weight excluding hydrogens is 868 g/mol. The largest absolute Gasteiger partial charge is 0.510 e. The van der Waals surface area contributed by atoms with E-state index in [9.17, 15) is 0 Å². The van der Waals surface area contributed by atoms with E-state index in [-0.39, 0.29) is 37.3 Å². The van der Waals surface area contributed by atoms with Crippen LogP contribution in [0.1, 0.15) is 79.1 Å². The summed E-state index contributed by atoms with van der Waals surface area (Å²) in [6.07, 6.45) is 7.72. The first kappa shape index (κ1) is 39.0. The average molecular weight is 916 g/mol. The van der Waals surface area contributed by atoms with Crippen molar-refractivity contribution in [3.8, 4) is 39.8 Å². The fourth-order valence-electron chi connectivity index (χ4n) is 7.14. The second-order valence-electron chi connectivity index (χ2n) is 17.5. The monoisotopic (exact) mass is 915 g/mol. The van der Waals surface area contributed by atoms with Crippen LogP contribution < -0.4 is 9.30 Å². The second-order valence-corrected chi connectivity index (χ2v) is 17.5. The minimum absolute atomic E-state index is 0. The van der Waals surface area contributed by atoms with Crippen molar-refractivity contribution in [3.63, 3.8) is 0 Å². The van der Waals surface area contributed by atoms with Gasteiger partial charge in [0.2, 0.25) is 0 Å². The Morgan fingerprint density at radius 2 is 1.30 bits per heavy atom. The van der Waals surface area contributed by atoms with Crippen molar-refractivity contribution in [2.45, 2.75) is 78.6 Å². The molecule has 0 fully saturated rings. The maximum Gasteiger partial charge on any atom is 0.267 e. The predicted molar refractivity (Wildman–Crippen MR) is 224 cm³/mol. The second kappa shape index (κ2) is 14.7. The van der Waals surface area contributed by atoms with Crippen LogP contribution in [0.4, 0.5) is 0 Å². The number of hydrogen-bond donors (Lipinski definition) is 0. The van der Waals surface area contributed by atoms with Crippen LogP contribution in [0.3, 0.4) is 0 Å². The Labute approximate surface area is 345 Å². The Hall–Kier alpha value is -5.25. The van der Waals surface area contributed by atoms with Crippen molar-refractivity contribution in [3.05, 3.63) is 163 Å². The zero-order valence-electron chi connectivity index (χ0n) is 33.6. The number of nitrogens with zero attached hydrogens (tertiary/aromatic N) is 4. The molecule has 0 aliphatic heterocycles. The quantitative estimate of drug-likeness (QED) is 0.123. The molecule has 5 nitrogen and oxygen atoms in total.